The van der Waals surface area contributed by atoms with E-state index >= 15 is 0 Å². The minimum atomic E-state index is -2.87. The van der Waals surface area contributed by atoms with Crippen molar-refractivity contribution in [3.63, 3.8) is 0 Å². The van der Waals surface area contributed by atoms with Crippen molar-refractivity contribution in [1.82, 2.24) is 10.2 Å². The van der Waals surface area contributed by atoms with Gasteiger partial charge in [-0.2, -0.15) is 8.78 Å². The van der Waals surface area contributed by atoms with E-state index in [2.05, 4.69) is 15.0 Å². The van der Waals surface area contributed by atoms with Gasteiger partial charge < -0.3 is 20.7 Å². The lowest BCUT2D eigenvalue weighted by atomic mass is 9.98. The molecule has 0 aliphatic rings. The molecular weight excluding hydrogens is 397 g/mol. The number of amides is 1. The Labute approximate surface area is 173 Å². The number of rotatable bonds is 9. The number of carbonyl (C=O) groups is 1. The summed E-state index contributed by atoms with van der Waals surface area (Å²) in [6.07, 6.45) is 0.370. The molecule has 1 amide bonds. The van der Waals surface area contributed by atoms with Crippen LogP contribution in [0.5, 0.6) is 5.75 Å². The van der Waals surface area contributed by atoms with Crippen molar-refractivity contribution >= 4 is 11.9 Å². The maximum absolute atomic E-state index is 13.1. The summed E-state index contributed by atoms with van der Waals surface area (Å²) >= 11 is 0. The Morgan fingerprint density at radius 3 is 2.27 bits per heavy atom. The average molecular weight is 422 g/mol. The highest BCUT2D eigenvalue weighted by Crippen LogP contribution is 2.16. The smallest absolute Gasteiger partial charge is 0.387 e. The van der Waals surface area contributed by atoms with E-state index in [-0.39, 0.29) is 18.1 Å². The van der Waals surface area contributed by atoms with E-state index in [0.29, 0.717) is 18.9 Å². The summed E-state index contributed by atoms with van der Waals surface area (Å²) in [5.74, 6) is -0.702. The predicted octanol–water partition coefficient (Wildman–Crippen LogP) is 2.78. The van der Waals surface area contributed by atoms with Crippen molar-refractivity contribution in [1.29, 1.82) is 0 Å². The van der Waals surface area contributed by atoms with Gasteiger partial charge in [-0.1, -0.05) is 24.3 Å². The van der Waals surface area contributed by atoms with Gasteiger partial charge in [0.1, 0.15) is 11.6 Å². The molecule has 1 atom stereocenters. The first-order chi connectivity index (χ1) is 14.3. The van der Waals surface area contributed by atoms with Gasteiger partial charge >= 0.3 is 6.61 Å². The first-order valence-electron chi connectivity index (χ1n) is 9.27. The minimum Gasteiger partial charge on any atom is -0.435 e. The highest BCUT2D eigenvalue weighted by atomic mass is 19.3. The molecule has 6 nitrogen and oxygen atoms in total. The van der Waals surface area contributed by atoms with Gasteiger partial charge in [0.15, 0.2) is 5.96 Å². The van der Waals surface area contributed by atoms with Crippen LogP contribution in [0.15, 0.2) is 53.5 Å². The van der Waals surface area contributed by atoms with Gasteiger partial charge in [0.25, 0.3) is 0 Å². The first-order valence-corrected chi connectivity index (χ1v) is 9.27. The Kier molecular flexibility index (Phi) is 8.52. The molecule has 3 N–H and O–H groups in total. The van der Waals surface area contributed by atoms with Crippen LogP contribution < -0.4 is 15.8 Å². The number of hydrogen-bond acceptors (Lipinski definition) is 3. The lowest BCUT2D eigenvalue weighted by molar-refractivity contribution is -0.121. The molecule has 162 valence electrons. The van der Waals surface area contributed by atoms with E-state index in [1.807, 2.05) is 4.90 Å². The highest BCUT2D eigenvalue weighted by Gasteiger charge is 2.18. The Bertz CT molecular complexity index is 842. The zero-order valence-electron chi connectivity index (χ0n) is 16.8. The zero-order chi connectivity index (χ0) is 22.1. The van der Waals surface area contributed by atoms with Crippen molar-refractivity contribution < 1.29 is 22.7 Å². The number of nitrogens with one attached hydrogen (secondary N) is 1. The second kappa shape index (κ2) is 11.1. The van der Waals surface area contributed by atoms with Gasteiger partial charge in [-0.3, -0.25) is 9.79 Å². The fourth-order valence-electron chi connectivity index (χ4n) is 2.90. The van der Waals surface area contributed by atoms with Crippen LogP contribution in [0.2, 0.25) is 0 Å². The molecule has 9 heteroatoms. The average Bonchev–Trinajstić information content (AvgIpc) is 2.70. The molecule has 2 rings (SSSR count). The molecule has 0 aliphatic heterocycles. The van der Waals surface area contributed by atoms with Crippen molar-refractivity contribution in [3.8, 4) is 5.75 Å². The monoisotopic (exact) mass is 422 g/mol. The van der Waals surface area contributed by atoms with Crippen molar-refractivity contribution in [2.45, 2.75) is 19.6 Å². The number of guanidine groups is 1. The molecule has 2 aromatic carbocycles. The second-order valence-corrected chi connectivity index (χ2v) is 6.74. The maximum Gasteiger partial charge on any atom is 0.387 e. The fraction of sp³-hybridized carbons (Fsp3) is 0.333. The molecule has 0 fully saturated rings. The van der Waals surface area contributed by atoms with Gasteiger partial charge in [0.2, 0.25) is 5.91 Å². The number of primary amides is 1. The van der Waals surface area contributed by atoms with Crippen LogP contribution in [-0.2, 0) is 17.8 Å². The molecule has 0 spiro atoms. The van der Waals surface area contributed by atoms with E-state index in [1.54, 1.807) is 38.4 Å². The van der Waals surface area contributed by atoms with Gasteiger partial charge in [-0.05, 0) is 41.8 Å². The molecule has 0 bridgehead atoms. The molecule has 0 saturated heterocycles. The second-order valence-electron chi connectivity index (χ2n) is 6.74. The van der Waals surface area contributed by atoms with E-state index in [4.69, 9.17) is 5.73 Å². The van der Waals surface area contributed by atoms with Crippen molar-refractivity contribution in [3.05, 3.63) is 65.5 Å². The fourth-order valence-corrected chi connectivity index (χ4v) is 2.90. The minimum absolute atomic E-state index is 0.0870. The number of carbonyl (C=O) groups excluding carboxylic acids is 1. The van der Waals surface area contributed by atoms with Crippen LogP contribution in [0, 0.1) is 11.7 Å². The number of nitrogens with zero attached hydrogens (tertiary/aromatic N) is 2. The first kappa shape index (κ1) is 23.1. The summed E-state index contributed by atoms with van der Waals surface area (Å²) in [6, 6.07) is 12.2. The molecule has 0 heterocycles. The number of halogens is 3. The Morgan fingerprint density at radius 2 is 1.73 bits per heavy atom. The van der Waals surface area contributed by atoms with Crippen LogP contribution in [0.1, 0.15) is 11.1 Å². The van der Waals surface area contributed by atoms with Gasteiger partial charge in [0.05, 0.1) is 5.92 Å². The van der Waals surface area contributed by atoms with Crippen LogP contribution in [-0.4, -0.2) is 44.0 Å². The number of aliphatic imine (C=N–C) groups is 1. The number of benzene rings is 2. The Hall–Kier alpha value is -3.23. The van der Waals surface area contributed by atoms with Crippen molar-refractivity contribution in [2.24, 2.45) is 16.6 Å². The Balaban J connectivity index is 1.93. The van der Waals surface area contributed by atoms with Gasteiger partial charge in [0, 0.05) is 27.2 Å². The summed E-state index contributed by atoms with van der Waals surface area (Å²) in [5.41, 5.74) is 7.18. The van der Waals surface area contributed by atoms with Crippen LogP contribution >= 0.6 is 0 Å². The normalized spacial score (nSPS) is 12.5. The third-order valence-corrected chi connectivity index (χ3v) is 4.45. The summed E-state index contributed by atoms with van der Waals surface area (Å²) in [7, 11) is 3.41. The summed E-state index contributed by atoms with van der Waals surface area (Å²) in [6.45, 7) is -2.16. The van der Waals surface area contributed by atoms with Crippen LogP contribution in [0.25, 0.3) is 0 Å². The lowest BCUT2D eigenvalue weighted by Gasteiger charge is -2.24. The standard InChI is InChI=1S/C21H25F3N4O2/c1-26-21(28(2)13-15-5-9-18(10-6-15)30-20(23)24)27-12-16(19(25)29)11-14-3-7-17(22)8-4-14/h3-10,16,20H,11-13H2,1-2H3,(H2,25,29)(H,26,27). The van der Waals surface area contributed by atoms with Crippen LogP contribution in [0.4, 0.5) is 13.2 Å². The summed E-state index contributed by atoms with van der Waals surface area (Å²) in [5, 5.41) is 3.12. The maximum atomic E-state index is 13.1. The third-order valence-electron chi connectivity index (χ3n) is 4.45. The van der Waals surface area contributed by atoms with E-state index in [9.17, 15) is 18.0 Å². The SMILES string of the molecule is CN=C(NCC(Cc1ccc(F)cc1)C(N)=O)N(C)Cc1ccc(OC(F)F)cc1. The molecule has 1 unspecified atom stereocenters. The molecule has 0 radical (unpaired) electrons. The molecular formula is C21H25F3N4O2. The number of ether oxygens (including phenoxy) is 1. The van der Waals surface area contributed by atoms with E-state index < -0.39 is 18.4 Å². The predicted molar refractivity (Wildman–Crippen MR) is 109 cm³/mol. The largest absolute Gasteiger partial charge is 0.435 e. The molecule has 0 saturated carbocycles. The number of nitrogens with two attached hydrogens (primary N) is 1. The third kappa shape index (κ3) is 7.31. The summed E-state index contributed by atoms with van der Waals surface area (Å²) < 4.78 is 41.9. The topological polar surface area (TPSA) is 79.9 Å². The highest BCUT2D eigenvalue weighted by molar-refractivity contribution is 5.81. The molecule has 0 aromatic heterocycles. The quantitative estimate of drug-likeness (QED) is 0.481. The van der Waals surface area contributed by atoms with Gasteiger partial charge in [-0.25, -0.2) is 4.39 Å². The molecule has 0 aliphatic carbocycles. The number of alkyl halides is 2. The molecule has 2 aromatic rings. The zero-order valence-corrected chi connectivity index (χ0v) is 16.8. The van der Waals surface area contributed by atoms with Crippen molar-refractivity contribution in [2.75, 3.05) is 20.6 Å². The summed E-state index contributed by atoms with van der Waals surface area (Å²) in [4.78, 5) is 17.8. The van der Waals surface area contributed by atoms with E-state index in [0.717, 1.165) is 11.1 Å². The Morgan fingerprint density at radius 1 is 1.13 bits per heavy atom. The number of hydrogen-bond donors (Lipinski definition) is 2. The van der Waals surface area contributed by atoms with Gasteiger partial charge in [-0.15, -0.1) is 0 Å². The van der Waals surface area contributed by atoms with E-state index in [1.165, 1.54) is 24.3 Å². The van der Waals surface area contributed by atoms with Crippen LogP contribution in [0.3, 0.4) is 0 Å². The lowest BCUT2D eigenvalue weighted by Crippen LogP contribution is -2.43. The molecule has 30 heavy (non-hydrogen) atoms.